The van der Waals surface area contributed by atoms with Crippen molar-refractivity contribution in [1.82, 2.24) is 0 Å². The van der Waals surface area contributed by atoms with E-state index in [2.05, 4.69) is 22.6 Å². The molecular weight excluding hydrogens is 331 g/mol. The van der Waals surface area contributed by atoms with E-state index in [0.717, 1.165) is 23.2 Å². The molecule has 0 radical (unpaired) electrons. The van der Waals surface area contributed by atoms with Crippen molar-refractivity contribution in [1.29, 1.82) is 0 Å². The molecule has 94 valence electrons. The molecule has 1 heterocycles. The Kier molecular flexibility index (Phi) is 5.06. The highest BCUT2D eigenvalue weighted by Crippen LogP contribution is 2.26. The van der Waals surface area contributed by atoms with E-state index in [-0.39, 0.29) is 0 Å². The minimum atomic E-state index is 0.433. The van der Waals surface area contributed by atoms with Gasteiger partial charge in [-0.15, -0.1) is 0 Å². The smallest absolute Gasteiger partial charge is 0.118 e. The minimum absolute atomic E-state index is 0.433. The first-order valence-electron chi connectivity index (χ1n) is 5.75. The predicted octanol–water partition coefficient (Wildman–Crippen LogP) is 2.80. The van der Waals surface area contributed by atoms with Gasteiger partial charge in [0.25, 0.3) is 0 Å². The Morgan fingerprint density at radius 3 is 2.59 bits per heavy atom. The molecule has 1 aromatic rings. The Morgan fingerprint density at radius 1 is 1.24 bits per heavy atom. The molecule has 2 rings (SSSR count). The van der Waals surface area contributed by atoms with Crippen molar-refractivity contribution < 1.29 is 14.2 Å². The number of epoxide rings is 1. The van der Waals surface area contributed by atoms with Gasteiger partial charge in [-0.1, -0.05) is 34.7 Å². The topological polar surface area (TPSA) is 31.0 Å². The number of rotatable bonds is 7. The first-order valence-corrected chi connectivity index (χ1v) is 7.28. The van der Waals surface area contributed by atoms with E-state index in [1.807, 2.05) is 24.3 Å². The summed E-state index contributed by atoms with van der Waals surface area (Å²) in [6, 6.07) is 7.96. The number of ether oxygens (including phenoxy) is 3. The lowest BCUT2D eigenvalue weighted by atomic mass is 10.2. The quantitative estimate of drug-likeness (QED) is 0.329. The van der Waals surface area contributed by atoms with E-state index in [9.17, 15) is 0 Å². The first kappa shape index (κ1) is 13.1. The van der Waals surface area contributed by atoms with Crippen molar-refractivity contribution >= 4 is 22.6 Å². The van der Waals surface area contributed by atoms with Crippen LogP contribution < -0.4 is 4.74 Å². The molecule has 0 spiro atoms. The van der Waals surface area contributed by atoms with E-state index >= 15 is 0 Å². The van der Waals surface area contributed by atoms with Gasteiger partial charge in [0.15, 0.2) is 0 Å². The standard InChI is InChI=1S/C13H17IO3/c1-15-11-4-2-10(3-5-11)9-16-7-6-12-13(8-14)17-12/h2-5,12-13H,6-9H2,1H3/t12-,13-/m1/s1. The lowest BCUT2D eigenvalue weighted by Gasteiger charge is -2.04. The average molecular weight is 348 g/mol. The summed E-state index contributed by atoms with van der Waals surface area (Å²) in [7, 11) is 1.67. The summed E-state index contributed by atoms with van der Waals surface area (Å²) in [5, 5.41) is 0. The summed E-state index contributed by atoms with van der Waals surface area (Å²) < 4.78 is 17.2. The van der Waals surface area contributed by atoms with Crippen LogP contribution in [0, 0.1) is 0 Å². The molecule has 1 aliphatic heterocycles. The van der Waals surface area contributed by atoms with Crippen molar-refractivity contribution in [2.45, 2.75) is 25.2 Å². The van der Waals surface area contributed by atoms with Crippen LogP contribution in [0.1, 0.15) is 12.0 Å². The van der Waals surface area contributed by atoms with Crippen LogP contribution in [0.2, 0.25) is 0 Å². The zero-order valence-electron chi connectivity index (χ0n) is 9.90. The first-order chi connectivity index (χ1) is 8.33. The molecule has 0 aromatic heterocycles. The number of methoxy groups -OCH3 is 1. The fourth-order valence-corrected chi connectivity index (χ4v) is 2.45. The van der Waals surface area contributed by atoms with Crippen LogP contribution in [0.5, 0.6) is 5.75 Å². The lowest BCUT2D eigenvalue weighted by molar-refractivity contribution is 0.113. The highest BCUT2D eigenvalue weighted by atomic mass is 127. The van der Waals surface area contributed by atoms with Gasteiger partial charge in [0.1, 0.15) is 5.75 Å². The summed E-state index contributed by atoms with van der Waals surface area (Å²) in [6.45, 7) is 1.43. The van der Waals surface area contributed by atoms with Gasteiger partial charge in [-0.2, -0.15) is 0 Å². The normalized spacial score (nSPS) is 22.5. The third kappa shape index (κ3) is 4.12. The van der Waals surface area contributed by atoms with Gasteiger partial charge in [0, 0.05) is 11.0 Å². The monoisotopic (exact) mass is 348 g/mol. The van der Waals surface area contributed by atoms with Crippen LogP contribution in [-0.4, -0.2) is 30.4 Å². The summed E-state index contributed by atoms with van der Waals surface area (Å²) >= 11 is 2.35. The SMILES string of the molecule is COc1ccc(COCC[C@H]2O[C@@H]2CI)cc1. The molecule has 0 unspecified atom stereocenters. The van der Waals surface area contributed by atoms with Crippen LogP contribution in [0.4, 0.5) is 0 Å². The molecule has 0 amide bonds. The van der Waals surface area contributed by atoms with E-state index in [1.165, 1.54) is 5.56 Å². The van der Waals surface area contributed by atoms with Crippen LogP contribution in [0.25, 0.3) is 0 Å². The number of alkyl halides is 1. The summed E-state index contributed by atoms with van der Waals surface area (Å²) in [6.07, 6.45) is 1.91. The number of hydrogen-bond acceptors (Lipinski definition) is 3. The van der Waals surface area contributed by atoms with Crippen LogP contribution in [0.15, 0.2) is 24.3 Å². The van der Waals surface area contributed by atoms with Gasteiger partial charge in [-0.25, -0.2) is 0 Å². The molecular formula is C13H17IO3. The van der Waals surface area contributed by atoms with Crippen molar-refractivity contribution in [3.63, 3.8) is 0 Å². The molecule has 3 nitrogen and oxygen atoms in total. The third-order valence-corrected chi connectivity index (χ3v) is 3.68. The van der Waals surface area contributed by atoms with Gasteiger partial charge in [-0.3, -0.25) is 0 Å². The van der Waals surface area contributed by atoms with Crippen molar-refractivity contribution in [3.8, 4) is 5.75 Å². The zero-order chi connectivity index (χ0) is 12.1. The van der Waals surface area contributed by atoms with Gasteiger partial charge in [0.05, 0.1) is 25.9 Å². The Labute approximate surface area is 116 Å². The Hall–Kier alpha value is -0.330. The van der Waals surface area contributed by atoms with E-state index in [1.54, 1.807) is 7.11 Å². The maximum atomic E-state index is 5.61. The van der Waals surface area contributed by atoms with Crippen LogP contribution >= 0.6 is 22.6 Å². The van der Waals surface area contributed by atoms with Crippen LogP contribution in [-0.2, 0) is 16.1 Å². The minimum Gasteiger partial charge on any atom is -0.497 e. The maximum Gasteiger partial charge on any atom is 0.118 e. The Balaban J connectivity index is 1.61. The summed E-state index contributed by atoms with van der Waals surface area (Å²) in [4.78, 5) is 0. The molecule has 4 heteroatoms. The lowest BCUT2D eigenvalue weighted by Crippen LogP contribution is -2.02. The van der Waals surface area contributed by atoms with Gasteiger partial charge in [0.2, 0.25) is 0 Å². The maximum absolute atomic E-state index is 5.61. The van der Waals surface area contributed by atoms with Gasteiger partial charge >= 0.3 is 0 Å². The molecule has 0 saturated carbocycles. The Morgan fingerprint density at radius 2 is 2.00 bits per heavy atom. The highest BCUT2D eigenvalue weighted by Gasteiger charge is 2.36. The molecule has 1 saturated heterocycles. The second kappa shape index (κ2) is 6.56. The van der Waals surface area contributed by atoms with Crippen molar-refractivity contribution in [2.75, 3.05) is 18.1 Å². The van der Waals surface area contributed by atoms with Gasteiger partial charge in [-0.05, 0) is 24.1 Å². The second-order valence-electron chi connectivity index (χ2n) is 4.06. The number of benzene rings is 1. The van der Waals surface area contributed by atoms with Crippen molar-refractivity contribution in [2.24, 2.45) is 0 Å². The van der Waals surface area contributed by atoms with Crippen LogP contribution in [0.3, 0.4) is 0 Å². The zero-order valence-corrected chi connectivity index (χ0v) is 12.1. The van der Waals surface area contributed by atoms with Gasteiger partial charge < -0.3 is 14.2 Å². The molecule has 1 aliphatic rings. The van der Waals surface area contributed by atoms with E-state index < -0.39 is 0 Å². The fraction of sp³-hybridized carbons (Fsp3) is 0.538. The molecule has 17 heavy (non-hydrogen) atoms. The van der Waals surface area contributed by atoms with Crippen molar-refractivity contribution in [3.05, 3.63) is 29.8 Å². The summed E-state index contributed by atoms with van der Waals surface area (Å²) in [5.41, 5.74) is 1.17. The largest absolute Gasteiger partial charge is 0.497 e. The van der Waals surface area contributed by atoms with E-state index in [4.69, 9.17) is 14.2 Å². The Bertz CT molecular complexity index is 339. The summed E-state index contributed by atoms with van der Waals surface area (Å²) in [5.74, 6) is 0.880. The predicted molar refractivity (Wildman–Crippen MR) is 74.8 cm³/mol. The number of hydrogen-bond donors (Lipinski definition) is 0. The fourth-order valence-electron chi connectivity index (χ4n) is 1.68. The van der Waals surface area contributed by atoms with E-state index in [0.29, 0.717) is 18.8 Å². The third-order valence-electron chi connectivity index (χ3n) is 2.81. The number of halogens is 1. The molecule has 1 aromatic carbocycles. The molecule has 1 fully saturated rings. The average Bonchev–Trinajstić information content (AvgIpc) is 3.14. The highest BCUT2D eigenvalue weighted by molar-refractivity contribution is 14.1. The molecule has 0 aliphatic carbocycles. The second-order valence-corrected chi connectivity index (χ2v) is 4.94. The molecule has 0 N–H and O–H groups in total. The molecule has 0 bridgehead atoms. The molecule has 2 atom stereocenters.